The minimum absolute atomic E-state index is 0.0574. The average Bonchev–Trinajstić information content (AvgIpc) is 3.21. The fourth-order valence-electron chi connectivity index (χ4n) is 2.63. The van der Waals surface area contributed by atoms with Crippen LogP contribution in [0.1, 0.15) is 28.7 Å². The van der Waals surface area contributed by atoms with Crippen LogP contribution in [0.3, 0.4) is 0 Å². The van der Waals surface area contributed by atoms with E-state index < -0.39 is 0 Å². The molecule has 0 aliphatic heterocycles. The summed E-state index contributed by atoms with van der Waals surface area (Å²) >= 11 is 1.46. The van der Waals surface area contributed by atoms with Crippen molar-refractivity contribution in [1.82, 2.24) is 15.1 Å². The summed E-state index contributed by atoms with van der Waals surface area (Å²) in [5.74, 6) is 0.743. The van der Waals surface area contributed by atoms with Gasteiger partial charge in [0, 0.05) is 11.9 Å². The molecule has 3 rings (SSSR count). The lowest BCUT2D eigenvalue weighted by atomic mass is 10.2. The molecule has 0 unspecified atom stereocenters. The molecule has 0 fully saturated rings. The van der Waals surface area contributed by atoms with Crippen LogP contribution < -0.4 is 15.8 Å². The number of aromatic nitrogens is 2. The molecule has 0 saturated heterocycles. The standard InChI is InChI=1S/C18H22N4O2S/c1-3-15-14-11-16(17(23)20-10-4-9-19)25-18(14)22(21-15)12-5-7-13(24-2)8-6-12/h5-8,11H,3-4,9-10,19H2,1-2H3,(H,20,23). The van der Waals surface area contributed by atoms with Crippen LogP contribution in [0.15, 0.2) is 30.3 Å². The molecular formula is C18H22N4O2S. The second-order valence-corrected chi connectivity index (χ2v) is 6.67. The molecule has 3 N–H and O–H groups in total. The molecule has 1 amide bonds. The maximum Gasteiger partial charge on any atom is 0.261 e. The van der Waals surface area contributed by atoms with Gasteiger partial charge in [0.1, 0.15) is 10.6 Å². The van der Waals surface area contributed by atoms with E-state index in [2.05, 4.69) is 12.2 Å². The summed E-state index contributed by atoms with van der Waals surface area (Å²) in [5.41, 5.74) is 7.41. The van der Waals surface area contributed by atoms with Crippen LogP contribution in [0.4, 0.5) is 0 Å². The second-order valence-electron chi connectivity index (χ2n) is 5.64. The molecule has 1 aromatic carbocycles. The predicted molar refractivity (Wildman–Crippen MR) is 101 cm³/mol. The van der Waals surface area contributed by atoms with E-state index in [0.29, 0.717) is 18.0 Å². The van der Waals surface area contributed by atoms with Gasteiger partial charge in [0.05, 0.1) is 23.4 Å². The van der Waals surface area contributed by atoms with E-state index in [9.17, 15) is 4.79 Å². The first-order valence-corrected chi connectivity index (χ1v) is 9.13. The van der Waals surface area contributed by atoms with Gasteiger partial charge in [-0.1, -0.05) is 6.92 Å². The summed E-state index contributed by atoms with van der Waals surface area (Å²) in [4.78, 5) is 14.0. The Hall–Kier alpha value is -2.38. The van der Waals surface area contributed by atoms with Crippen molar-refractivity contribution in [3.63, 3.8) is 0 Å². The highest BCUT2D eigenvalue weighted by atomic mass is 32.1. The van der Waals surface area contributed by atoms with Gasteiger partial charge in [-0.15, -0.1) is 11.3 Å². The van der Waals surface area contributed by atoms with Gasteiger partial charge < -0.3 is 15.8 Å². The van der Waals surface area contributed by atoms with Crippen LogP contribution in [0, 0.1) is 0 Å². The lowest BCUT2D eigenvalue weighted by Crippen LogP contribution is -2.25. The zero-order chi connectivity index (χ0) is 17.8. The number of aryl methyl sites for hydroxylation is 1. The van der Waals surface area contributed by atoms with Crippen LogP contribution >= 0.6 is 11.3 Å². The highest BCUT2D eigenvalue weighted by Crippen LogP contribution is 2.31. The Morgan fingerprint density at radius 1 is 1.36 bits per heavy atom. The Morgan fingerprint density at radius 3 is 2.76 bits per heavy atom. The van der Waals surface area contributed by atoms with Gasteiger partial charge in [0.2, 0.25) is 0 Å². The van der Waals surface area contributed by atoms with Crippen molar-refractivity contribution in [3.05, 3.63) is 40.9 Å². The summed E-state index contributed by atoms with van der Waals surface area (Å²) in [7, 11) is 1.64. The predicted octanol–water partition coefficient (Wildman–Crippen LogP) is 2.74. The van der Waals surface area contributed by atoms with Crippen molar-refractivity contribution in [2.75, 3.05) is 20.2 Å². The largest absolute Gasteiger partial charge is 0.497 e. The number of fused-ring (bicyclic) bond motifs is 1. The van der Waals surface area contributed by atoms with Crippen molar-refractivity contribution >= 4 is 27.5 Å². The third kappa shape index (κ3) is 3.52. The fourth-order valence-corrected chi connectivity index (χ4v) is 3.70. The maximum absolute atomic E-state index is 12.3. The number of nitrogens with zero attached hydrogens (tertiary/aromatic N) is 2. The molecule has 0 bridgehead atoms. The number of nitrogens with one attached hydrogen (secondary N) is 1. The van der Waals surface area contributed by atoms with Crippen LogP contribution in [-0.4, -0.2) is 35.9 Å². The van der Waals surface area contributed by atoms with E-state index >= 15 is 0 Å². The highest BCUT2D eigenvalue weighted by molar-refractivity contribution is 7.20. The summed E-state index contributed by atoms with van der Waals surface area (Å²) in [6.45, 7) is 3.23. The van der Waals surface area contributed by atoms with E-state index in [0.717, 1.165) is 40.2 Å². The van der Waals surface area contributed by atoms with E-state index in [1.54, 1.807) is 7.11 Å². The molecule has 132 valence electrons. The molecule has 6 nitrogen and oxygen atoms in total. The van der Waals surface area contributed by atoms with Crippen LogP contribution in [-0.2, 0) is 6.42 Å². The first kappa shape index (κ1) is 17.4. The van der Waals surface area contributed by atoms with Crippen molar-refractivity contribution in [1.29, 1.82) is 0 Å². The van der Waals surface area contributed by atoms with Crippen molar-refractivity contribution in [2.24, 2.45) is 5.73 Å². The van der Waals surface area contributed by atoms with E-state index in [-0.39, 0.29) is 5.91 Å². The molecule has 0 aliphatic carbocycles. The number of rotatable bonds is 7. The Morgan fingerprint density at radius 2 is 2.12 bits per heavy atom. The molecule has 0 atom stereocenters. The Bertz CT molecular complexity index is 867. The summed E-state index contributed by atoms with van der Waals surface area (Å²) in [6.07, 6.45) is 1.58. The molecule has 2 aromatic heterocycles. The number of carbonyl (C=O) groups is 1. The number of ether oxygens (including phenoxy) is 1. The number of benzene rings is 1. The molecule has 0 spiro atoms. The van der Waals surface area contributed by atoms with E-state index in [1.165, 1.54) is 11.3 Å². The van der Waals surface area contributed by atoms with Gasteiger partial charge in [0.15, 0.2) is 0 Å². The number of hydrogen-bond acceptors (Lipinski definition) is 5. The summed E-state index contributed by atoms with van der Waals surface area (Å²) in [5, 5.41) is 8.65. The third-order valence-corrected chi connectivity index (χ3v) is 5.09. The molecule has 0 radical (unpaired) electrons. The van der Waals surface area contributed by atoms with Gasteiger partial charge in [-0.05, 0) is 49.7 Å². The molecule has 2 heterocycles. The number of carbonyl (C=O) groups excluding carboxylic acids is 1. The molecule has 3 aromatic rings. The van der Waals surface area contributed by atoms with Crippen LogP contribution in [0.25, 0.3) is 15.9 Å². The first-order chi connectivity index (χ1) is 12.2. The molecule has 0 saturated carbocycles. The number of thiophene rings is 1. The Balaban J connectivity index is 1.97. The topological polar surface area (TPSA) is 82.2 Å². The number of methoxy groups -OCH3 is 1. The van der Waals surface area contributed by atoms with Crippen molar-refractivity contribution in [2.45, 2.75) is 19.8 Å². The van der Waals surface area contributed by atoms with Gasteiger partial charge in [-0.2, -0.15) is 5.10 Å². The van der Waals surface area contributed by atoms with Crippen molar-refractivity contribution in [3.8, 4) is 11.4 Å². The molecule has 0 aliphatic rings. The summed E-state index contributed by atoms with van der Waals surface area (Å²) in [6, 6.07) is 9.67. The fraction of sp³-hybridized carbons (Fsp3) is 0.333. The van der Waals surface area contributed by atoms with Crippen molar-refractivity contribution < 1.29 is 9.53 Å². The normalized spacial score (nSPS) is 11.0. The van der Waals surface area contributed by atoms with Crippen LogP contribution in [0.5, 0.6) is 5.75 Å². The zero-order valence-corrected chi connectivity index (χ0v) is 15.2. The quantitative estimate of drug-likeness (QED) is 0.636. The van der Waals surface area contributed by atoms with Gasteiger partial charge in [0.25, 0.3) is 5.91 Å². The van der Waals surface area contributed by atoms with Gasteiger partial charge >= 0.3 is 0 Å². The van der Waals surface area contributed by atoms with E-state index in [1.807, 2.05) is 35.0 Å². The minimum Gasteiger partial charge on any atom is -0.497 e. The van der Waals surface area contributed by atoms with Gasteiger partial charge in [-0.25, -0.2) is 4.68 Å². The molecule has 7 heteroatoms. The van der Waals surface area contributed by atoms with E-state index in [4.69, 9.17) is 15.6 Å². The third-order valence-electron chi connectivity index (χ3n) is 3.98. The maximum atomic E-state index is 12.3. The van der Waals surface area contributed by atoms with Crippen LogP contribution in [0.2, 0.25) is 0 Å². The highest BCUT2D eigenvalue weighted by Gasteiger charge is 2.18. The first-order valence-electron chi connectivity index (χ1n) is 8.32. The minimum atomic E-state index is -0.0574. The average molecular weight is 358 g/mol. The smallest absolute Gasteiger partial charge is 0.261 e. The SMILES string of the molecule is CCc1nn(-c2ccc(OC)cc2)c2sc(C(=O)NCCCN)cc12. The lowest BCUT2D eigenvalue weighted by Gasteiger charge is -2.04. The number of nitrogens with two attached hydrogens (primary N) is 1. The Kier molecular flexibility index (Phi) is 5.35. The van der Waals surface area contributed by atoms with Gasteiger partial charge in [-0.3, -0.25) is 4.79 Å². The lowest BCUT2D eigenvalue weighted by molar-refractivity contribution is 0.0957. The monoisotopic (exact) mass is 358 g/mol. The number of hydrogen-bond donors (Lipinski definition) is 2. The molecule has 25 heavy (non-hydrogen) atoms. The zero-order valence-electron chi connectivity index (χ0n) is 14.4. The summed E-state index contributed by atoms with van der Waals surface area (Å²) < 4.78 is 7.11. The Labute approximate surface area is 150 Å². The second kappa shape index (κ2) is 7.67. The molecular weight excluding hydrogens is 336 g/mol. The number of amides is 1.